The molecule has 0 heterocycles. The first-order chi connectivity index (χ1) is 7.42. The highest BCUT2D eigenvalue weighted by Gasteiger charge is 2.32. The van der Waals surface area contributed by atoms with Crippen LogP contribution in [0.4, 0.5) is 18.9 Å². The maximum absolute atomic E-state index is 12.0. The average molecular weight is 231 g/mol. The summed E-state index contributed by atoms with van der Waals surface area (Å²) < 4.78 is 39.7. The summed E-state index contributed by atoms with van der Waals surface area (Å²) in [5.41, 5.74) is -0.0651. The van der Waals surface area contributed by atoms with Crippen LogP contribution in [0.3, 0.4) is 0 Å². The van der Waals surface area contributed by atoms with Gasteiger partial charge in [0.25, 0.3) is 0 Å². The molecule has 0 aliphatic heterocycles. The first-order valence-electron chi connectivity index (χ1n) is 4.20. The number of carbonyl (C=O) groups is 1. The van der Waals surface area contributed by atoms with Gasteiger partial charge in [-0.25, -0.2) is 0 Å². The Morgan fingerprint density at radius 1 is 1.38 bits per heavy atom. The molecule has 0 saturated carbocycles. The standard InChI is InChI=1S/C10H8F3NO2/c1-2-9(15)14-7-5-3-4-6-8(7)16-10(11,12)13/h2-6H,1H2,(H,14,15). The summed E-state index contributed by atoms with van der Waals surface area (Å²) in [5, 5.41) is 2.20. The number of carbonyl (C=O) groups excluding carboxylic acids is 1. The molecule has 0 fully saturated rings. The predicted octanol–water partition coefficient (Wildman–Crippen LogP) is 2.71. The number of rotatable bonds is 3. The third-order valence-electron chi connectivity index (χ3n) is 1.56. The minimum absolute atomic E-state index is 0.0651. The van der Waals surface area contributed by atoms with E-state index >= 15 is 0 Å². The topological polar surface area (TPSA) is 38.3 Å². The van der Waals surface area contributed by atoms with E-state index in [1.54, 1.807) is 0 Å². The average Bonchev–Trinajstić information content (AvgIpc) is 2.18. The number of hydrogen-bond donors (Lipinski definition) is 1. The van der Waals surface area contributed by atoms with Gasteiger partial charge < -0.3 is 10.1 Å². The lowest BCUT2D eigenvalue weighted by atomic mass is 10.3. The molecule has 1 aromatic rings. The number of hydrogen-bond acceptors (Lipinski definition) is 2. The van der Waals surface area contributed by atoms with Crippen LogP contribution < -0.4 is 10.1 Å². The Hall–Kier alpha value is -1.98. The molecule has 1 rings (SSSR count). The van der Waals surface area contributed by atoms with E-state index in [0.29, 0.717) is 0 Å². The van der Waals surface area contributed by atoms with Crippen LogP contribution in [-0.2, 0) is 4.79 Å². The second-order valence-electron chi connectivity index (χ2n) is 2.74. The van der Waals surface area contributed by atoms with E-state index in [2.05, 4.69) is 16.6 Å². The van der Waals surface area contributed by atoms with Crippen molar-refractivity contribution in [2.24, 2.45) is 0 Å². The Bertz CT molecular complexity index is 401. The van der Waals surface area contributed by atoms with E-state index in [1.807, 2.05) is 0 Å². The van der Waals surface area contributed by atoms with Crippen molar-refractivity contribution in [3.8, 4) is 5.75 Å². The maximum Gasteiger partial charge on any atom is 0.573 e. The predicted molar refractivity (Wildman–Crippen MR) is 52.0 cm³/mol. The molecule has 0 aliphatic rings. The van der Waals surface area contributed by atoms with Crippen LogP contribution in [0.15, 0.2) is 36.9 Å². The maximum atomic E-state index is 12.0. The molecular formula is C10H8F3NO2. The number of benzene rings is 1. The highest BCUT2D eigenvalue weighted by atomic mass is 19.4. The molecule has 0 unspecified atom stereocenters. The second kappa shape index (κ2) is 4.69. The van der Waals surface area contributed by atoms with Crippen LogP contribution in [-0.4, -0.2) is 12.3 Å². The summed E-state index contributed by atoms with van der Waals surface area (Å²) in [5.74, 6) is -1.08. The van der Waals surface area contributed by atoms with Crippen LogP contribution in [0.2, 0.25) is 0 Å². The van der Waals surface area contributed by atoms with Crippen molar-refractivity contribution in [1.29, 1.82) is 0 Å². The third kappa shape index (κ3) is 3.64. The van der Waals surface area contributed by atoms with E-state index in [1.165, 1.54) is 18.2 Å². The number of para-hydroxylation sites is 2. The largest absolute Gasteiger partial charge is 0.573 e. The van der Waals surface area contributed by atoms with Gasteiger partial charge in [-0.3, -0.25) is 4.79 Å². The fourth-order valence-corrected chi connectivity index (χ4v) is 0.967. The molecule has 0 aliphatic carbocycles. The van der Waals surface area contributed by atoms with Gasteiger partial charge in [-0.05, 0) is 18.2 Å². The van der Waals surface area contributed by atoms with Crippen molar-refractivity contribution in [3.05, 3.63) is 36.9 Å². The first-order valence-corrected chi connectivity index (χ1v) is 4.20. The molecule has 0 atom stereocenters. The summed E-state index contributed by atoms with van der Waals surface area (Å²) >= 11 is 0. The van der Waals surface area contributed by atoms with Gasteiger partial charge in [-0.2, -0.15) is 0 Å². The van der Waals surface area contributed by atoms with Gasteiger partial charge in [0.05, 0.1) is 5.69 Å². The molecule has 1 amide bonds. The molecule has 0 radical (unpaired) electrons. The van der Waals surface area contributed by atoms with E-state index in [4.69, 9.17) is 0 Å². The summed E-state index contributed by atoms with van der Waals surface area (Å²) in [7, 11) is 0. The van der Waals surface area contributed by atoms with Gasteiger partial charge in [0.1, 0.15) is 0 Å². The van der Waals surface area contributed by atoms with Gasteiger partial charge in [-0.1, -0.05) is 18.7 Å². The zero-order valence-corrected chi connectivity index (χ0v) is 8.04. The lowest BCUT2D eigenvalue weighted by Gasteiger charge is -2.12. The molecule has 86 valence electrons. The molecule has 0 aromatic heterocycles. The molecule has 6 heteroatoms. The van der Waals surface area contributed by atoms with Gasteiger partial charge >= 0.3 is 6.36 Å². The van der Waals surface area contributed by atoms with E-state index in [-0.39, 0.29) is 5.69 Å². The van der Waals surface area contributed by atoms with Crippen molar-refractivity contribution in [1.82, 2.24) is 0 Å². The minimum atomic E-state index is -4.80. The first kappa shape index (κ1) is 12.1. The van der Waals surface area contributed by atoms with Gasteiger partial charge in [0.15, 0.2) is 5.75 Å². The zero-order chi connectivity index (χ0) is 12.2. The third-order valence-corrected chi connectivity index (χ3v) is 1.56. The Kier molecular flexibility index (Phi) is 3.55. The van der Waals surface area contributed by atoms with Crippen LogP contribution in [0, 0.1) is 0 Å². The summed E-state index contributed by atoms with van der Waals surface area (Å²) in [4.78, 5) is 10.9. The van der Waals surface area contributed by atoms with Crippen molar-refractivity contribution in [3.63, 3.8) is 0 Å². The fourth-order valence-electron chi connectivity index (χ4n) is 0.967. The van der Waals surface area contributed by atoms with Crippen molar-refractivity contribution in [2.75, 3.05) is 5.32 Å². The molecule has 0 bridgehead atoms. The highest BCUT2D eigenvalue weighted by Crippen LogP contribution is 2.29. The number of amides is 1. The lowest BCUT2D eigenvalue weighted by Crippen LogP contribution is -2.19. The van der Waals surface area contributed by atoms with Crippen LogP contribution in [0.1, 0.15) is 0 Å². The summed E-state index contributed by atoms with van der Waals surface area (Å²) in [6.07, 6.45) is -3.85. The van der Waals surface area contributed by atoms with Crippen LogP contribution in [0.5, 0.6) is 5.75 Å². The minimum Gasteiger partial charge on any atom is -0.404 e. The Balaban J connectivity index is 2.91. The molecule has 0 saturated heterocycles. The summed E-state index contributed by atoms with van der Waals surface area (Å²) in [6.45, 7) is 3.19. The van der Waals surface area contributed by atoms with Gasteiger partial charge in [0.2, 0.25) is 5.91 Å². The van der Waals surface area contributed by atoms with Crippen molar-refractivity contribution < 1.29 is 22.7 Å². The number of nitrogens with one attached hydrogen (secondary N) is 1. The van der Waals surface area contributed by atoms with Crippen LogP contribution >= 0.6 is 0 Å². The molecule has 16 heavy (non-hydrogen) atoms. The van der Waals surface area contributed by atoms with Gasteiger partial charge in [-0.15, -0.1) is 13.2 Å². The Morgan fingerprint density at radius 3 is 2.56 bits per heavy atom. The monoisotopic (exact) mass is 231 g/mol. The van der Waals surface area contributed by atoms with Crippen molar-refractivity contribution >= 4 is 11.6 Å². The Morgan fingerprint density at radius 2 is 2.00 bits per heavy atom. The number of alkyl halides is 3. The number of anilines is 1. The normalized spacial score (nSPS) is 10.7. The Labute approximate surface area is 89.5 Å². The molecular weight excluding hydrogens is 223 g/mol. The number of halogens is 3. The quantitative estimate of drug-likeness (QED) is 0.812. The van der Waals surface area contributed by atoms with E-state index < -0.39 is 18.0 Å². The molecule has 1 aromatic carbocycles. The number of ether oxygens (including phenoxy) is 1. The van der Waals surface area contributed by atoms with Crippen molar-refractivity contribution in [2.45, 2.75) is 6.36 Å². The zero-order valence-electron chi connectivity index (χ0n) is 8.04. The molecule has 1 N–H and O–H groups in total. The SMILES string of the molecule is C=CC(=O)Nc1ccccc1OC(F)(F)F. The highest BCUT2D eigenvalue weighted by molar-refractivity contribution is 5.99. The van der Waals surface area contributed by atoms with E-state index in [0.717, 1.165) is 12.1 Å². The lowest BCUT2D eigenvalue weighted by molar-refractivity contribution is -0.274. The van der Waals surface area contributed by atoms with Crippen LogP contribution in [0.25, 0.3) is 0 Å². The smallest absolute Gasteiger partial charge is 0.404 e. The molecule has 0 spiro atoms. The molecule has 3 nitrogen and oxygen atoms in total. The fraction of sp³-hybridized carbons (Fsp3) is 0.100. The summed E-state index contributed by atoms with van der Waals surface area (Å²) in [6, 6.07) is 5.24. The second-order valence-corrected chi connectivity index (χ2v) is 2.74. The van der Waals surface area contributed by atoms with Gasteiger partial charge in [0, 0.05) is 0 Å². The van der Waals surface area contributed by atoms with E-state index in [9.17, 15) is 18.0 Å².